The molecule has 6 aliphatic rings. The second-order valence-corrected chi connectivity index (χ2v) is 26.2. The number of ether oxygens (including phenoxy) is 2. The van der Waals surface area contributed by atoms with Crippen molar-refractivity contribution in [2.75, 3.05) is 58.9 Å². The molecule has 0 spiro atoms. The normalized spacial score (nSPS) is 16.7. The van der Waals surface area contributed by atoms with E-state index in [2.05, 4.69) is 41.2 Å². The highest BCUT2D eigenvalue weighted by molar-refractivity contribution is 5.95. The number of halogens is 10. The molecule has 0 saturated carbocycles. The van der Waals surface area contributed by atoms with Crippen LogP contribution in [0.15, 0.2) is 79.0 Å². The Morgan fingerprint density at radius 1 is 0.475 bits per heavy atom. The highest BCUT2D eigenvalue weighted by atomic mass is 35.5. The summed E-state index contributed by atoms with van der Waals surface area (Å²) >= 11 is 0. The summed E-state index contributed by atoms with van der Waals surface area (Å²) in [5, 5.41) is 27.5. The van der Waals surface area contributed by atoms with Gasteiger partial charge in [-0.3, -0.25) is 24.9 Å². The van der Waals surface area contributed by atoms with Gasteiger partial charge >= 0.3 is 36.9 Å². The van der Waals surface area contributed by atoms with Crippen LogP contribution in [0.1, 0.15) is 201 Å². The predicted octanol–water partition coefficient (Wildman–Crippen LogP) is 13.8. The van der Waals surface area contributed by atoms with Crippen LogP contribution in [0, 0.1) is 0 Å². The number of carbonyl (C=O) groups excluding carboxylic acids is 6. The van der Waals surface area contributed by atoms with Gasteiger partial charge in [-0.05, 0) is 177 Å². The van der Waals surface area contributed by atoms with Crippen LogP contribution < -0.4 is 10.6 Å². The molecule has 3 aromatic carbocycles. The number of carbonyl (C=O) groups is 4. The van der Waals surface area contributed by atoms with Gasteiger partial charge in [-0.25, -0.2) is 9.59 Å². The van der Waals surface area contributed by atoms with Gasteiger partial charge in [-0.2, -0.15) is 64.4 Å². The number of aromatic nitrogens is 6. The van der Waals surface area contributed by atoms with Crippen molar-refractivity contribution in [3.63, 3.8) is 0 Å². The van der Waals surface area contributed by atoms with E-state index in [4.69, 9.17) is 19.1 Å². The summed E-state index contributed by atoms with van der Waals surface area (Å²) in [4.78, 5) is 73.1. The molecule has 0 bridgehead atoms. The minimum Gasteiger partial charge on any atom is -0.444 e. The third kappa shape index (κ3) is 21.9. The average Bonchev–Trinajstić information content (AvgIpc) is 1.75. The molecule has 12 rings (SSSR count). The number of hydrogen-bond acceptors (Lipinski definition) is 13. The van der Waals surface area contributed by atoms with Gasteiger partial charge in [-0.1, -0.05) is 69.5 Å². The number of rotatable bonds is 5. The van der Waals surface area contributed by atoms with Gasteiger partial charge in [0.1, 0.15) is 11.2 Å². The molecule has 4 amide bonds. The van der Waals surface area contributed by atoms with Crippen molar-refractivity contribution in [1.29, 1.82) is 0 Å². The Bertz CT molecular complexity index is 3640. The third-order valence-electron chi connectivity index (χ3n) is 17.3. The van der Waals surface area contributed by atoms with Crippen molar-refractivity contribution < 1.29 is 77.8 Å². The summed E-state index contributed by atoms with van der Waals surface area (Å²) < 4.78 is 129. The molecule has 544 valence electrons. The lowest BCUT2D eigenvalue weighted by molar-refractivity contribution is -0.191. The van der Waals surface area contributed by atoms with E-state index < -0.39 is 52.5 Å². The van der Waals surface area contributed by atoms with Crippen molar-refractivity contribution in [2.45, 2.75) is 181 Å². The molecule has 6 aliphatic heterocycles. The number of H-pyrrole nitrogens is 3. The van der Waals surface area contributed by atoms with Crippen LogP contribution in [0.5, 0.6) is 0 Å². The largest absolute Gasteiger partial charge is 0.444 e. The maximum atomic E-state index is 13.4. The number of nitrogens with zero attached hydrogens (tertiary/aromatic N) is 7. The van der Waals surface area contributed by atoms with Crippen molar-refractivity contribution >= 4 is 42.6 Å². The molecule has 6 aromatic rings. The maximum Gasteiger partial charge on any atom is 0.416 e. The fraction of sp³-hybridized carbons (Fsp3) is 0.536. The van der Waals surface area contributed by atoms with Gasteiger partial charge in [-0.15, -0.1) is 12.4 Å². The van der Waals surface area contributed by atoms with E-state index in [0.29, 0.717) is 118 Å². The van der Waals surface area contributed by atoms with E-state index in [-0.39, 0.29) is 75.6 Å². The van der Waals surface area contributed by atoms with E-state index in [9.17, 15) is 58.7 Å². The van der Waals surface area contributed by atoms with E-state index in [1.54, 1.807) is 70.7 Å². The van der Waals surface area contributed by atoms with Gasteiger partial charge in [0.25, 0.3) is 11.8 Å². The second-order valence-electron chi connectivity index (χ2n) is 26.2. The zero-order valence-electron chi connectivity index (χ0n) is 54.8. The van der Waals surface area contributed by atoms with Gasteiger partial charge < -0.3 is 39.7 Å². The molecule has 0 unspecified atom stereocenters. The standard InChI is InChI=1S/C24H29F3N4O3.C19H21F3N4O.C12H14F3N.C11H17N3O2.CO2.2CH4.ClH/c1-23(2,3)34-22(33)31-13-10-17-19(14-31)28-29-20(17)21(32)30-11-8-15(9-12-30)16-6-4-5-7-18(16)24(25,26)27;20-19(21,22)15-4-2-1-3-13(15)12-6-9-26(10-7-12)18(27)17-14-5-8-23-11-16(14)24-25-17;13-12(14,15)11-4-2-1-3-10(11)9-5-7-16-8-6-9;1-11(2,3)16-10(15)14-5-4-8-6-12-13-9(8)7-14;2-1-3;;;/h4-7,15H,8-14H2,1-3H3,(H,28,29);1-4,12,23H,5-11H2,(H,24,25);1-4,9,16H,5-8H2;6H,4-5,7H2,1-3H3,(H,12,13);;2*1H4;1H. The molecule has 3 aromatic heterocycles. The molecule has 3 saturated heterocycles. The highest BCUT2D eigenvalue weighted by Gasteiger charge is 2.40. The van der Waals surface area contributed by atoms with E-state index in [1.807, 2.05) is 27.0 Å². The van der Waals surface area contributed by atoms with Gasteiger partial charge in [0.05, 0.1) is 53.1 Å². The van der Waals surface area contributed by atoms with E-state index >= 15 is 0 Å². The minimum atomic E-state index is -4.40. The fourth-order valence-corrected chi connectivity index (χ4v) is 12.6. The Balaban J connectivity index is 0.000000243. The summed E-state index contributed by atoms with van der Waals surface area (Å²) in [5.41, 5.74) is 4.79. The lowest BCUT2D eigenvalue weighted by Crippen LogP contribution is -2.41. The quantitative estimate of drug-likeness (QED) is 0.101. The van der Waals surface area contributed by atoms with Gasteiger partial charge in [0.15, 0.2) is 11.4 Å². The molecule has 0 atom stereocenters. The SMILES string of the molecule is C.C.CC(C)(C)OC(=O)N1CCc2c(C(=O)N3CCC(c4ccccc4C(F)(F)F)CC3)n[nH]c2C1.CC(C)(C)OC(=O)N1CCc2cn[nH]c2C1.Cl.FC(F)(F)c1ccccc1C1CCNCC1.O=C(c1n[nH]c2c1CCNC2)N1CCC(c2ccccc2C(F)(F)F)CC1.O=C=O. The average molecular weight is 1420 g/mol. The molecule has 3 fully saturated rings. The molecule has 99 heavy (non-hydrogen) atoms. The number of nitrogens with one attached hydrogen (secondary N) is 5. The first-order chi connectivity index (χ1) is 45.3. The molecule has 9 heterocycles. The number of piperidine rings is 3. The molecular formula is C69H90ClF9N12O8. The first kappa shape index (κ1) is 81.4. The summed E-state index contributed by atoms with van der Waals surface area (Å²) in [6.45, 7) is 17.7. The lowest BCUT2D eigenvalue weighted by atomic mass is 9.86. The van der Waals surface area contributed by atoms with Crippen LogP contribution >= 0.6 is 12.4 Å². The molecular weight excluding hydrogens is 1330 g/mol. The van der Waals surface area contributed by atoms with Crippen molar-refractivity contribution in [3.8, 4) is 0 Å². The Morgan fingerprint density at radius 2 is 0.848 bits per heavy atom. The van der Waals surface area contributed by atoms with Crippen LogP contribution in [0.3, 0.4) is 0 Å². The number of fused-ring (bicyclic) bond motifs is 3. The third-order valence-corrected chi connectivity index (χ3v) is 17.3. The summed E-state index contributed by atoms with van der Waals surface area (Å²) in [5.74, 6) is -0.761. The molecule has 5 N–H and O–H groups in total. The highest BCUT2D eigenvalue weighted by Crippen LogP contribution is 2.42. The molecule has 0 aliphatic carbocycles. The number of amides is 4. The van der Waals surface area contributed by atoms with Crippen LogP contribution in [0.2, 0.25) is 0 Å². The second kappa shape index (κ2) is 35.2. The topological polar surface area (TPSA) is 244 Å². The van der Waals surface area contributed by atoms with E-state index in [0.717, 1.165) is 80.0 Å². The Morgan fingerprint density at radius 3 is 1.26 bits per heavy atom. The number of likely N-dealkylation sites (tertiary alicyclic amines) is 2. The smallest absolute Gasteiger partial charge is 0.416 e. The van der Waals surface area contributed by atoms with Gasteiger partial charge in [0.2, 0.25) is 0 Å². The first-order valence-electron chi connectivity index (χ1n) is 31.9. The van der Waals surface area contributed by atoms with Crippen molar-refractivity contribution in [1.82, 2.24) is 60.8 Å². The fourth-order valence-electron chi connectivity index (χ4n) is 12.6. The van der Waals surface area contributed by atoms with Crippen LogP contribution in [-0.4, -0.2) is 150 Å². The maximum absolute atomic E-state index is 13.4. The van der Waals surface area contributed by atoms with E-state index in [1.165, 1.54) is 35.9 Å². The summed E-state index contributed by atoms with van der Waals surface area (Å²) in [7, 11) is 0. The zero-order chi connectivity index (χ0) is 69.8. The number of benzene rings is 3. The Kier molecular flexibility index (Phi) is 28.9. The monoisotopic (exact) mass is 1420 g/mol. The Hall–Kier alpha value is -8.27. The molecule has 20 nitrogen and oxygen atoms in total. The predicted molar refractivity (Wildman–Crippen MR) is 353 cm³/mol. The minimum absolute atomic E-state index is 0. The first-order valence-corrected chi connectivity index (χ1v) is 31.9. The van der Waals surface area contributed by atoms with Crippen molar-refractivity contribution in [3.05, 3.63) is 158 Å². The number of aromatic amines is 3. The lowest BCUT2D eigenvalue weighted by Gasteiger charge is -2.33. The van der Waals surface area contributed by atoms with Crippen LogP contribution in [0.25, 0.3) is 0 Å². The number of hydrogen-bond donors (Lipinski definition) is 5. The zero-order valence-corrected chi connectivity index (χ0v) is 55.6. The molecule has 30 heteroatoms. The van der Waals surface area contributed by atoms with Crippen LogP contribution in [-0.2, 0) is 76.5 Å². The summed E-state index contributed by atoms with van der Waals surface area (Å²) in [6.07, 6.45) is -6.00. The molecule has 0 radical (unpaired) electrons. The van der Waals surface area contributed by atoms with Crippen LogP contribution in [0.4, 0.5) is 49.1 Å². The summed E-state index contributed by atoms with van der Waals surface area (Å²) in [6, 6.07) is 17.4. The number of alkyl halides is 9. The van der Waals surface area contributed by atoms with Gasteiger partial charge in [0, 0.05) is 56.9 Å². The van der Waals surface area contributed by atoms with Crippen molar-refractivity contribution in [2.24, 2.45) is 0 Å². The Labute approximate surface area is 576 Å².